The molecule has 0 aliphatic carbocycles. The van der Waals surface area contributed by atoms with E-state index in [0.29, 0.717) is 48.9 Å². The Morgan fingerprint density at radius 2 is 1.73 bits per heavy atom. The van der Waals surface area contributed by atoms with E-state index < -0.39 is 11.7 Å². The van der Waals surface area contributed by atoms with E-state index >= 15 is 0 Å². The minimum Gasteiger partial charge on any atom is -0.495 e. The van der Waals surface area contributed by atoms with Gasteiger partial charge in [-0.05, 0) is 42.5 Å². The van der Waals surface area contributed by atoms with Gasteiger partial charge in [0.1, 0.15) is 11.6 Å². The molecule has 0 aromatic heterocycles. The molecule has 6 nitrogen and oxygen atoms in total. The average molecular weight is 358 g/mol. The topological polar surface area (TPSA) is 67.9 Å². The number of morpholine rings is 1. The number of hydrogen-bond donors (Lipinski definition) is 1. The van der Waals surface area contributed by atoms with E-state index in [-0.39, 0.29) is 5.91 Å². The van der Waals surface area contributed by atoms with E-state index in [9.17, 15) is 14.0 Å². The summed E-state index contributed by atoms with van der Waals surface area (Å²) in [5.74, 6) is -0.538. The molecule has 3 rings (SSSR count). The molecule has 1 saturated heterocycles. The van der Waals surface area contributed by atoms with Gasteiger partial charge in [0.15, 0.2) is 0 Å². The first-order valence-corrected chi connectivity index (χ1v) is 8.20. The molecular formula is C19H19FN2O4. The molecule has 2 amide bonds. The lowest BCUT2D eigenvalue weighted by atomic mass is 10.1. The molecule has 1 N–H and O–H groups in total. The number of amides is 2. The van der Waals surface area contributed by atoms with Gasteiger partial charge in [-0.1, -0.05) is 0 Å². The van der Waals surface area contributed by atoms with E-state index in [0.717, 1.165) is 0 Å². The minimum absolute atomic E-state index is 0.131. The number of nitrogens with one attached hydrogen (secondary N) is 1. The molecule has 2 aromatic rings. The fourth-order valence-corrected chi connectivity index (χ4v) is 2.68. The van der Waals surface area contributed by atoms with Crippen molar-refractivity contribution in [3.05, 3.63) is 59.4 Å². The monoisotopic (exact) mass is 358 g/mol. The predicted molar refractivity (Wildman–Crippen MR) is 94.1 cm³/mol. The first-order chi connectivity index (χ1) is 12.6. The van der Waals surface area contributed by atoms with Crippen LogP contribution in [0.1, 0.15) is 20.7 Å². The third-order valence-electron chi connectivity index (χ3n) is 4.10. The SMILES string of the molecule is COc1ccc(C(=O)N2CCOCC2)cc1NC(=O)c1ccc(F)cc1. The minimum atomic E-state index is -0.419. The van der Waals surface area contributed by atoms with Crippen LogP contribution in [0.15, 0.2) is 42.5 Å². The molecular weight excluding hydrogens is 339 g/mol. The van der Waals surface area contributed by atoms with Crippen LogP contribution in [0.25, 0.3) is 0 Å². The second kappa shape index (κ2) is 7.97. The number of methoxy groups -OCH3 is 1. The maximum Gasteiger partial charge on any atom is 0.255 e. The molecule has 136 valence electrons. The Balaban J connectivity index is 1.82. The molecule has 1 aliphatic rings. The van der Waals surface area contributed by atoms with Crippen molar-refractivity contribution in [2.45, 2.75) is 0 Å². The molecule has 2 aromatic carbocycles. The zero-order valence-electron chi connectivity index (χ0n) is 14.3. The van der Waals surface area contributed by atoms with Crippen molar-refractivity contribution in [3.63, 3.8) is 0 Å². The number of halogens is 1. The van der Waals surface area contributed by atoms with E-state index in [2.05, 4.69) is 5.32 Å². The molecule has 1 heterocycles. The predicted octanol–water partition coefficient (Wildman–Crippen LogP) is 2.56. The van der Waals surface area contributed by atoms with Gasteiger partial charge in [0.2, 0.25) is 0 Å². The standard InChI is InChI=1S/C19H19FN2O4/c1-25-17-7-4-14(19(24)22-8-10-26-11-9-22)12-16(17)21-18(23)13-2-5-15(20)6-3-13/h2-7,12H,8-11H2,1H3,(H,21,23). The van der Waals surface area contributed by atoms with E-state index in [1.807, 2.05) is 0 Å². The molecule has 0 saturated carbocycles. The number of benzene rings is 2. The molecule has 0 spiro atoms. The Morgan fingerprint density at radius 3 is 2.38 bits per heavy atom. The Morgan fingerprint density at radius 1 is 1.08 bits per heavy atom. The highest BCUT2D eigenvalue weighted by molar-refractivity contribution is 6.06. The lowest BCUT2D eigenvalue weighted by Crippen LogP contribution is -2.40. The lowest BCUT2D eigenvalue weighted by molar-refractivity contribution is 0.0303. The van der Waals surface area contributed by atoms with Gasteiger partial charge in [-0.15, -0.1) is 0 Å². The number of anilines is 1. The van der Waals surface area contributed by atoms with Gasteiger partial charge < -0.3 is 19.7 Å². The highest BCUT2D eigenvalue weighted by atomic mass is 19.1. The molecule has 0 unspecified atom stereocenters. The Bertz CT molecular complexity index is 802. The highest BCUT2D eigenvalue weighted by Gasteiger charge is 2.20. The molecule has 0 atom stereocenters. The summed E-state index contributed by atoms with van der Waals surface area (Å²) >= 11 is 0. The molecule has 0 bridgehead atoms. The van der Waals surface area contributed by atoms with Crippen LogP contribution in [0.5, 0.6) is 5.75 Å². The van der Waals surface area contributed by atoms with Crippen LogP contribution in [0, 0.1) is 5.82 Å². The van der Waals surface area contributed by atoms with Gasteiger partial charge in [-0.25, -0.2) is 4.39 Å². The zero-order valence-corrected chi connectivity index (χ0v) is 14.3. The van der Waals surface area contributed by atoms with Crippen molar-refractivity contribution >= 4 is 17.5 Å². The summed E-state index contributed by atoms with van der Waals surface area (Å²) in [5.41, 5.74) is 1.13. The Labute approximate surface area is 150 Å². The van der Waals surface area contributed by atoms with Crippen molar-refractivity contribution in [1.29, 1.82) is 0 Å². The summed E-state index contributed by atoms with van der Waals surface area (Å²) in [6, 6.07) is 10.1. The zero-order chi connectivity index (χ0) is 18.5. The van der Waals surface area contributed by atoms with E-state index in [1.165, 1.54) is 31.4 Å². The number of hydrogen-bond acceptors (Lipinski definition) is 4. The van der Waals surface area contributed by atoms with Crippen LogP contribution in [0.2, 0.25) is 0 Å². The third kappa shape index (κ3) is 4.00. The number of carbonyl (C=O) groups excluding carboxylic acids is 2. The van der Waals surface area contributed by atoms with Crippen LogP contribution in [0.4, 0.5) is 10.1 Å². The van der Waals surface area contributed by atoms with Crippen molar-refractivity contribution in [1.82, 2.24) is 4.90 Å². The first kappa shape index (κ1) is 17.9. The van der Waals surface area contributed by atoms with Crippen LogP contribution < -0.4 is 10.1 Å². The van der Waals surface area contributed by atoms with E-state index in [4.69, 9.17) is 9.47 Å². The van der Waals surface area contributed by atoms with Gasteiger partial charge >= 0.3 is 0 Å². The van der Waals surface area contributed by atoms with Gasteiger partial charge in [0.05, 0.1) is 26.0 Å². The second-order valence-corrected chi connectivity index (χ2v) is 5.78. The van der Waals surface area contributed by atoms with Crippen LogP contribution in [-0.2, 0) is 4.74 Å². The van der Waals surface area contributed by atoms with Crippen LogP contribution in [-0.4, -0.2) is 50.1 Å². The Hall–Kier alpha value is -2.93. The molecule has 7 heteroatoms. The smallest absolute Gasteiger partial charge is 0.255 e. The summed E-state index contributed by atoms with van der Waals surface area (Å²) in [6.45, 7) is 2.08. The van der Waals surface area contributed by atoms with Crippen LogP contribution in [0.3, 0.4) is 0 Å². The van der Waals surface area contributed by atoms with Gasteiger partial charge in [0, 0.05) is 24.2 Å². The quantitative estimate of drug-likeness (QED) is 0.912. The number of rotatable bonds is 4. The fourth-order valence-electron chi connectivity index (χ4n) is 2.68. The summed E-state index contributed by atoms with van der Waals surface area (Å²) in [5, 5.41) is 2.71. The molecule has 1 aliphatic heterocycles. The molecule has 0 radical (unpaired) electrons. The fraction of sp³-hybridized carbons (Fsp3) is 0.263. The van der Waals surface area contributed by atoms with Gasteiger partial charge in [-0.3, -0.25) is 9.59 Å². The van der Waals surface area contributed by atoms with Crippen molar-refractivity contribution in [2.75, 3.05) is 38.7 Å². The normalized spacial score (nSPS) is 14.0. The molecule has 1 fully saturated rings. The summed E-state index contributed by atoms with van der Waals surface area (Å²) in [7, 11) is 1.48. The maximum absolute atomic E-state index is 13.0. The number of nitrogens with zero attached hydrogens (tertiary/aromatic N) is 1. The van der Waals surface area contributed by atoms with E-state index in [1.54, 1.807) is 23.1 Å². The summed E-state index contributed by atoms with van der Waals surface area (Å²) in [4.78, 5) is 26.7. The van der Waals surface area contributed by atoms with Crippen molar-refractivity contribution < 1.29 is 23.5 Å². The largest absolute Gasteiger partial charge is 0.495 e. The highest BCUT2D eigenvalue weighted by Crippen LogP contribution is 2.27. The molecule has 26 heavy (non-hydrogen) atoms. The first-order valence-electron chi connectivity index (χ1n) is 8.20. The van der Waals surface area contributed by atoms with Gasteiger partial charge in [-0.2, -0.15) is 0 Å². The maximum atomic E-state index is 13.0. The number of carbonyl (C=O) groups is 2. The van der Waals surface area contributed by atoms with Crippen molar-refractivity contribution in [2.24, 2.45) is 0 Å². The Kier molecular flexibility index (Phi) is 5.48. The summed E-state index contributed by atoms with van der Waals surface area (Å²) in [6.07, 6.45) is 0. The third-order valence-corrected chi connectivity index (χ3v) is 4.10. The lowest BCUT2D eigenvalue weighted by Gasteiger charge is -2.27. The second-order valence-electron chi connectivity index (χ2n) is 5.78. The summed E-state index contributed by atoms with van der Waals surface area (Å²) < 4.78 is 23.5. The number of ether oxygens (including phenoxy) is 2. The van der Waals surface area contributed by atoms with Crippen LogP contribution >= 0.6 is 0 Å². The van der Waals surface area contributed by atoms with Crippen molar-refractivity contribution in [3.8, 4) is 5.75 Å². The average Bonchev–Trinajstić information content (AvgIpc) is 2.68. The van der Waals surface area contributed by atoms with Gasteiger partial charge in [0.25, 0.3) is 11.8 Å².